The topological polar surface area (TPSA) is 43.5 Å². The summed E-state index contributed by atoms with van der Waals surface area (Å²) in [4.78, 5) is 0. The van der Waals surface area contributed by atoms with Gasteiger partial charge in [0.1, 0.15) is 11.6 Å². The van der Waals surface area contributed by atoms with Crippen LogP contribution in [0.2, 0.25) is 0 Å². The summed E-state index contributed by atoms with van der Waals surface area (Å²) in [5.74, 6) is 0. The Morgan fingerprint density at radius 1 is 0.248 bits per heavy atom. The zero-order chi connectivity index (χ0) is 69.1. The van der Waals surface area contributed by atoms with Crippen LogP contribution in [0.1, 0.15) is 133 Å². The van der Waals surface area contributed by atoms with Crippen LogP contribution in [0.5, 0.6) is 0 Å². The number of nitrogens with zero attached hydrogens (tertiary/aromatic N) is 5. The Morgan fingerprint density at radius 2 is 0.515 bits per heavy atom. The molecule has 0 unspecified atom stereocenters. The summed E-state index contributed by atoms with van der Waals surface area (Å²) in [6.07, 6.45) is 0. The molecule has 2 aliphatic rings. The van der Waals surface area contributed by atoms with Crippen molar-refractivity contribution >= 4 is 87.2 Å². The maximum absolute atomic E-state index is 13.7. The lowest BCUT2D eigenvalue weighted by Gasteiger charge is -2.31. The van der Waals surface area contributed by atoms with Gasteiger partial charge in [0.2, 0.25) is 0 Å². The molecule has 19 rings (SSSR count). The molecule has 101 heavy (non-hydrogen) atoms. The second kappa shape index (κ2) is 21.1. The van der Waals surface area contributed by atoms with Crippen molar-refractivity contribution in [2.24, 2.45) is 0 Å². The van der Waals surface area contributed by atoms with Gasteiger partial charge in [-0.25, -0.2) is 0 Å². The molecule has 488 valence electrons. The maximum Gasteiger partial charge on any atom is 0.104 e. The number of aromatic nitrogens is 4. The van der Waals surface area contributed by atoms with Crippen molar-refractivity contribution in [2.75, 3.05) is 0 Å². The van der Waals surface area contributed by atoms with Gasteiger partial charge in [0, 0.05) is 48.7 Å². The molecule has 0 radical (unpaired) electrons. The molecule has 17 aromatic rings. The van der Waals surface area contributed by atoms with Crippen molar-refractivity contribution < 1.29 is 0 Å². The number of fused-ring (bicyclic) bond motifs is 22. The molecule has 0 saturated carbocycles. The predicted molar refractivity (Wildman–Crippen MR) is 425 cm³/mol. The van der Waals surface area contributed by atoms with E-state index in [0.717, 1.165) is 121 Å². The highest BCUT2D eigenvalue weighted by molar-refractivity contribution is 6.19. The molecule has 0 saturated heterocycles. The number of benzene rings is 13. The normalized spacial score (nSPS) is 13.6. The van der Waals surface area contributed by atoms with Crippen molar-refractivity contribution in [3.8, 4) is 62.2 Å². The molecule has 0 atom stereocenters. The van der Waals surface area contributed by atoms with Crippen LogP contribution in [0.3, 0.4) is 0 Å². The Labute approximate surface area is 590 Å². The maximum atomic E-state index is 13.7. The van der Waals surface area contributed by atoms with E-state index < -0.39 is 5.41 Å². The van der Waals surface area contributed by atoms with Crippen LogP contribution in [-0.4, -0.2) is 18.3 Å². The van der Waals surface area contributed by atoms with Gasteiger partial charge in [0.05, 0.1) is 72.3 Å². The van der Waals surface area contributed by atoms with Gasteiger partial charge in [-0.2, -0.15) is 5.26 Å². The van der Waals surface area contributed by atoms with E-state index in [4.69, 9.17) is 0 Å². The fourth-order valence-electron chi connectivity index (χ4n) is 18.0. The molecule has 1 spiro atoms. The molecule has 0 N–H and O–H groups in total. The zero-order valence-corrected chi connectivity index (χ0v) is 59.6. The van der Waals surface area contributed by atoms with E-state index in [1.165, 1.54) is 66.8 Å². The summed E-state index contributed by atoms with van der Waals surface area (Å²) >= 11 is 0. The van der Waals surface area contributed by atoms with Crippen LogP contribution >= 0.6 is 0 Å². The molecule has 0 bridgehead atoms. The third-order valence-electron chi connectivity index (χ3n) is 22.8. The Bertz CT molecular complexity index is 6170. The lowest BCUT2D eigenvalue weighted by molar-refractivity contribution is 0.591. The number of nitriles is 1. The van der Waals surface area contributed by atoms with Gasteiger partial charge >= 0.3 is 0 Å². The number of hydrogen-bond acceptors (Lipinski definition) is 1. The first-order valence-electron chi connectivity index (χ1n) is 35.9. The summed E-state index contributed by atoms with van der Waals surface area (Å²) in [6, 6.07) is 103. The summed E-state index contributed by atoms with van der Waals surface area (Å²) < 4.78 is 10.2. The van der Waals surface area contributed by atoms with Crippen LogP contribution in [0.15, 0.2) is 261 Å². The molecule has 0 fully saturated rings. The lowest BCUT2D eigenvalue weighted by atomic mass is 9.70. The minimum Gasteiger partial charge on any atom is -0.306 e. The van der Waals surface area contributed by atoms with E-state index in [0.29, 0.717) is 5.56 Å². The highest BCUT2D eigenvalue weighted by atomic mass is 15.1. The van der Waals surface area contributed by atoms with Gasteiger partial charge in [-0.05, 0) is 167 Å². The summed E-state index contributed by atoms with van der Waals surface area (Å²) in [6.45, 7) is 27.7. The molecule has 0 amide bonds. The van der Waals surface area contributed by atoms with Crippen molar-refractivity contribution in [3.05, 3.63) is 311 Å². The van der Waals surface area contributed by atoms with Crippen molar-refractivity contribution in [3.63, 3.8) is 0 Å². The SMILES string of the molecule is CC(C)(C)c1ccc2c(c1)c1ccccc1n2-c1c(C#N)c(-n2c3ccccc3c3cc(C(C)(C)C)ccc32)c(-n2c3ccccc3c3cc(C(C)(C)C)ccc32)c(-c2cccc3c2-c2ccccc2C32c3ccccc3-c3ccccc32)c1-n1c2ccccc2c2cc(C(C)(C)C)ccc21. The van der Waals surface area contributed by atoms with Gasteiger partial charge in [0.25, 0.3) is 0 Å². The van der Waals surface area contributed by atoms with Crippen molar-refractivity contribution in [1.29, 1.82) is 5.26 Å². The first-order valence-corrected chi connectivity index (χ1v) is 35.9. The predicted octanol–water partition coefficient (Wildman–Crippen LogP) is 25.1. The summed E-state index contributed by atoms with van der Waals surface area (Å²) in [5, 5.41) is 22.8. The van der Waals surface area contributed by atoms with Gasteiger partial charge in [0.15, 0.2) is 0 Å². The lowest BCUT2D eigenvalue weighted by Crippen LogP contribution is -2.25. The van der Waals surface area contributed by atoms with Crippen LogP contribution in [0.4, 0.5) is 0 Å². The van der Waals surface area contributed by atoms with E-state index >= 15 is 0 Å². The van der Waals surface area contributed by atoms with Gasteiger partial charge in [-0.15, -0.1) is 0 Å². The minimum atomic E-state index is -0.685. The highest BCUT2D eigenvalue weighted by Crippen LogP contribution is 2.65. The Morgan fingerprint density at radius 3 is 0.851 bits per heavy atom. The minimum absolute atomic E-state index is 0.154. The summed E-state index contributed by atoms with van der Waals surface area (Å²) in [7, 11) is 0. The number of rotatable bonds is 5. The van der Waals surface area contributed by atoms with Crippen molar-refractivity contribution in [2.45, 2.75) is 110 Å². The van der Waals surface area contributed by atoms with E-state index in [-0.39, 0.29) is 21.7 Å². The van der Waals surface area contributed by atoms with E-state index in [1.54, 1.807) is 0 Å². The van der Waals surface area contributed by atoms with Crippen LogP contribution in [-0.2, 0) is 27.1 Å². The molecule has 4 aromatic heterocycles. The van der Waals surface area contributed by atoms with Crippen LogP contribution in [0.25, 0.3) is 143 Å². The van der Waals surface area contributed by atoms with E-state index in [9.17, 15) is 5.26 Å². The van der Waals surface area contributed by atoms with Gasteiger partial charge in [-0.1, -0.05) is 271 Å². The second-order valence-electron chi connectivity index (χ2n) is 32.7. The third kappa shape index (κ3) is 8.37. The monoisotopic (exact) mass is 1300 g/mol. The van der Waals surface area contributed by atoms with Crippen LogP contribution in [0, 0.1) is 11.3 Å². The summed E-state index contributed by atoms with van der Waals surface area (Å²) in [5.41, 5.74) is 27.8. The zero-order valence-electron chi connectivity index (χ0n) is 59.6. The average molecular weight is 1300 g/mol. The molecule has 4 heterocycles. The molecule has 0 aliphatic heterocycles. The molecular weight excluding hydrogens is 1220 g/mol. The molecule has 2 aliphatic carbocycles. The quantitative estimate of drug-likeness (QED) is 0.169. The molecule has 5 nitrogen and oxygen atoms in total. The Balaban J connectivity index is 1.15. The fraction of sp³-hybridized carbons (Fsp3) is 0.177. The Hall–Kier alpha value is -11.5. The van der Waals surface area contributed by atoms with E-state index in [2.05, 4.69) is 368 Å². The molecule has 5 heteroatoms. The van der Waals surface area contributed by atoms with Gasteiger partial charge < -0.3 is 18.3 Å². The molecular formula is C96H79N5. The average Bonchev–Trinajstić information content (AvgIpc) is 1.52. The molecule has 13 aromatic carbocycles. The number of hydrogen-bond donors (Lipinski definition) is 0. The first-order chi connectivity index (χ1) is 48.7. The largest absolute Gasteiger partial charge is 0.306 e. The third-order valence-corrected chi connectivity index (χ3v) is 22.8. The number of para-hydroxylation sites is 4. The van der Waals surface area contributed by atoms with E-state index in [1.807, 2.05) is 0 Å². The standard InChI is InChI=1S/C96H79N5/c1-92(2,3)57-44-48-82-69(52-57)63-30-16-23-40-78(63)98(82)88-73(56-97)89(99-79-41-24-17-31-64(79)70-53-58(93(4,5)6)45-49-83(70)99)91(101-81-43-26-19-33-66(81)72-55-60(95(10,11)12)47-51-85(72)101)87(90(88)100-80-42-25-18-32-65(80)71-54-59(94(7,8)9)46-50-84(71)100)68-35-27-39-77-86(68)67-34-15-22-38-76(67)96(77)74-36-20-13-28-61(74)62-29-14-21-37-75(62)96/h13-55H,1-12H3. The highest BCUT2D eigenvalue weighted by Gasteiger charge is 2.53. The fourth-order valence-corrected chi connectivity index (χ4v) is 18.0. The van der Waals surface area contributed by atoms with Crippen molar-refractivity contribution in [1.82, 2.24) is 18.3 Å². The first kappa shape index (κ1) is 60.7. The smallest absolute Gasteiger partial charge is 0.104 e. The van der Waals surface area contributed by atoms with Crippen LogP contribution < -0.4 is 0 Å². The Kier molecular flexibility index (Phi) is 12.7. The van der Waals surface area contributed by atoms with Gasteiger partial charge in [-0.3, -0.25) is 0 Å². The second-order valence-corrected chi connectivity index (χ2v) is 32.7.